The zero-order valence-corrected chi connectivity index (χ0v) is 12.6. The lowest BCUT2D eigenvalue weighted by Gasteiger charge is -2.09. The molecule has 0 saturated carbocycles. The van der Waals surface area contributed by atoms with Crippen LogP contribution in [-0.4, -0.2) is 36.8 Å². The summed E-state index contributed by atoms with van der Waals surface area (Å²) in [7, 11) is -2.43. The fourth-order valence-electron chi connectivity index (χ4n) is 1.86. The van der Waals surface area contributed by atoms with E-state index in [0.29, 0.717) is 5.56 Å². The number of carbonyl (C=O) groups is 1. The average Bonchev–Trinajstić information content (AvgIpc) is 2.84. The van der Waals surface area contributed by atoms with Crippen LogP contribution in [0, 0.1) is 13.8 Å². The van der Waals surface area contributed by atoms with Crippen molar-refractivity contribution in [3.63, 3.8) is 0 Å². The van der Waals surface area contributed by atoms with Gasteiger partial charge < -0.3 is 5.32 Å². The molecule has 3 N–H and O–H groups in total. The third kappa shape index (κ3) is 3.02. The number of rotatable bonds is 4. The van der Waals surface area contributed by atoms with E-state index in [1.54, 1.807) is 19.1 Å². The van der Waals surface area contributed by atoms with E-state index in [1.807, 2.05) is 6.92 Å². The first-order chi connectivity index (χ1) is 9.85. The zero-order valence-electron chi connectivity index (χ0n) is 11.8. The number of H-pyrrole nitrogens is 1. The number of aromatic nitrogens is 3. The molecule has 0 aliphatic heterocycles. The van der Waals surface area contributed by atoms with Gasteiger partial charge in [-0.25, -0.2) is 8.42 Å². The number of carbonyl (C=O) groups excluding carboxylic acids is 1. The van der Waals surface area contributed by atoms with Gasteiger partial charge >= 0.3 is 0 Å². The minimum Gasteiger partial charge on any atom is -0.354 e. The Morgan fingerprint density at radius 2 is 1.95 bits per heavy atom. The topological polar surface area (TPSA) is 117 Å². The normalized spacial score (nSPS) is 11.2. The quantitative estimate of drug-likeness (QED) is 0.764. The van der Waals surface area contributed by atoms with Gasteiger partial charge in [-0.2, -0.15) is 5.21 Å². The average molecular weight is 309 g/mol. The second-order valence-electron chi connectivity index (χ2n) is 4.47. The number of aryl methyl sites for hydroxylation is 2. The summed E-state index contributed by atoms with van der Waals surface area (Å²) in [5, 5.41) is 11.9. The van der Waals surface area contributed by atoms with Crippen molar-refractivity contribution in [2.45, 2.75) is 18.7 Å². The summed E-state index contributed by atoms with van der Waals surface area (Å²) >= 11 is 0. The summed E-state index contributed by atoms with van der Waals surface area (Å²) in [5.41, 5.74) is 1.44. The van der Waals surface area contributed by atoms with Crippen molar-refractivity contribution in [2.75, 3.05) is 11.8 Å². The van der Waals surface area contributed by atoms with Crippen LogP contribution < -0.4 is 10.0 Å². The van der Waals surface area contributed by atoms with Crippen LogP contribution in [0.1, 0.15) is 21.6 Å². The molecule has 0 bridgehead atoms. The number of sulfonamides is 1. The van der Waals surface area contributed by atoms with Gasteiger partial charge in [-0.15, -0.1) is 10.2 Å². The fraction of sp³-hybridized carbons (Fsp3) is 0.250. The molecule has 0 aliphatic rings. The number of amides is 1. The van der Waals surface area contributed by atoms with Gasteiger partial charge in [0.25, 0.3) is 15.9 Å². The number of nitrogens with one attached hydrogen (secondary N) is 3. The Balaban J connectivity index is 2.38. The van der Waals surface area contributed by atoms with Crippen LogP contribution in [0.2, 0.25) is 0 Å². The first-order valence-corrected chi connectivity index (χ1v) is 7.56. The van der Waals surface area contributed by atoms with Crippen molar-refractivity contribution >= 4 is 21.7 Å². The second-order valence-corrected chi connectivity index (χ2v) is 6.13. The summed E-state index contributed by atoms with van der Waals surface area (Å²) in [6.45, 7) is 3.57. The summed E-state index contributed by atoms with van der Waals surface area (Å²) in [5.74, 6) is -0.684. The maximum atomic E-state index is 12.4. The lowest BCUT2D eigenvalue weighted by molar-refractivity contribution is 0.0959. The molecule has 1 amide bonds. The molecule has 0 spiro atoms. The predicted molar refractivity (Wildman–Crippen MR) is 76.5 cm³/mol. The Labute approximate surface area is 122 Å². The first kappa shape index (κ1) is 15.0. The van der Waals surface area contributed by atoms with Crippen LogP contribution in [0.3, 0.4) is 0 Å². The Hall–Kier alpha value is -2.42. The second kappa shape index (κ2) is 5.52. The lowest BCUT2D eigenvalue weighted by Crippen LogP contribution is -2.22. The predicted octanol–water partition coefficient (Wildman–Crippen LogP) is 0.582. The number of nitrogens with zero attached hydrogens (tertiary/aromatic N) is 2. The molecular weight excluding hydrogens is 294 g/mol. The van der Waals surface area contributed by atoms with E-state index in [1.165, 1.54) is 13.1 Å². The van der Waals surface area contributed by atoms with Gasteiger partial charge in [-0.1, -0.05) is 17.7 Å². The van der Waals surface area contributed by atoms with Gasteiger partial charge in [0.15, 0.2) is 11.5 Å². The van der Waals surface area contributed by atoms with Crippen LogP contribution >= 0.6 is 0 Å². The molecular formula is C12H15N5O3S. The molecule has 2 rings (SSSR count). The van der Waals surface area contributed by atoms with Gasteiger partial charge in [0.05, 0.1) is 4.90 Å². The number of hydrogen-bond donors (Lipinski definition) is 3. The molecule has 0 fully saturated rings. The Morgan fingerprint density at radius 3 is 2.57 bits per heavy atom. The summed E-state index contributed by atoms with van der Waals surface area (Å²) < 4.78 is 27.0. The first-order valence-electron chi connectivity index (χ1n) is 6.08. The van der Waals surface area contributed by atoms with Crippen LogP contribution in [0.15, 0.2) is 23.1 Å². The van der Waals surface area contributed by atoms with Gasteiger partial charge in [0, 0.05) is 7.05 Å². The molecule has 21 heavy (non-hydrogen) atoms. The molecule has 1 aromatic carbocycles. The van der Waals surface area contributed by atoms with Crippen LogP contribution in [0.25, 0.3) is 0 Å². The maximum absolute atomic E-state index is 12.4. The molecule has 112 valence electrons. The van der Waals surface area contributed by atoms with E-state index in [4.69, 9.17) is 0 Å². The molecule has 0 aliphatic carbocycles. The van der Waals surface area contributed by atoms with Crippen LogP contribution in [0.4, 0.5) is 5.82 Å². The Morgan fingerprint density at radius 1 is 1.24 bits per heavy atom. The van der Waals surface area contributed by atoms with Crippen molar-refractivity contribution < 1.29 is 13.2 Å². The van der Waals surface area contributed by atoms with Crippen molar-refractivity contribution in [1.82, 2.24) is 20.7 Å². The molecule has 1 heterocycles. The SMILES string of the molecule is CNC(=O)c1n[nH]nc1NS(=O)(=O)c1ccc(C)cc1C. The van der Waals surface area contributed by atoms with E-state index in [9.17, 15) is 13.2 Å². The summed E-state index contributed by atoms with van der Waals surface area (Å²) in [6, 6.07) is 4.97. The minimum absolute atomic E-state index is 0.120. The minimum atomic E-state index is -3.85. The molecule has 0 unspecified atom stereocenters. The Bertz CT molecular complexity index is 782. The highest BCUT2D eigenvalue weighted by Crippen LogP contribution is 2.20. The van der Waals surface area contributed by atoms with Crippen molar-refractivity contribution in [2.24, 2.45) is 0 Å². The highest BCUT2D eigenvalue weighted by atomic mass is 32.2. The lowest BCUT2D eigenvalue weighted by atomic mass is 10.2. The van der Waals surface area contributed by atoms with Crippen molar-refractivity contribution in [1.29, 1.82) is 0 Å². The van der Waals surface area contributed by atoms with Gasteiger partial charge in [0.1, 0.15) is 0 Å². The van der Waals surface area contributed by atoms with Crippen LogP contribution in [0.5, 0.6) is 0 Å². The van der Waals surface area contributed by atoms with Gasteiger partial charge in [-0.05, 0) is 25.5 Å². The highest BCUT2D eigenvalue weighted by molar-refractivity contribution is 7.92. The molecule has 8 nitrogen and oxygen atoms in total. The third-order valence-electron chi connectivity index (χ3n) is 2.84. The van der Waals surface area contributed by atoms with E-state index >= 15 is 0 Å². The summed E-state index contributed by atoms with van der Waals surface area (Å²) in [6.07, 6.45) is 0. The smallest absolute Gasteiger partial charge is 0.275 e. The van der Waals surface area contributed by atoms with Crippen LogP contribution in [-0.2, 0) is 10.0 Å². The number of hydrogen-bond acceptors (Lipinski definition) is 5. The van der Waals surface area contributed by atoms with E-state index in [2.05, 4.69) is 25.4 Å². The fourth-order valence-corrected chi connectivity index (χ4v) is 3.10. The molecule has 9 heteroatoms. The largest absolute Gasteiger partial charge is 0.354 e. The highest BCUT2D eigenvalue weighted by Gasteiger charge is 2.23. The van der Waals surface area contributed by atoms with E-state index < -0.39 is 15.9 Å². The van der Waals surface area contributed by atoms with Crippen molar-refractivity contribution in [3.05, 3.63) is 35.0 Å². The monoisotopic (exact) mass is 309 g/mol. The maximum Gasteiger partial charge on any atom is 0.275 e. The van der Waals surface area contributed by atoms with Crippen molar-refractivity contribution in [3.8, 4) is 0 Å². The number of benzene rings is 1. The standard InChI is InChI=1S/C12H15N5O3S/c1-7-4-5-9(8(2)6-7)21(19,20)16-11-10(12(18)13-3)14-17-15-11/h4-6H,1-3H3,(H,13,18)(H2,14,15,16,17). The summed E-state index contributed by atoms with van der Waals surface area (Å²) in [4.78, 5) is 11.7. The molecule has 0 saturated heterocycles. The van der Waals surface area contributed by atoms with E-state index in [-0.39, 0.29) is 16.4 Å². The Kier molecular flexibility index (Phi) is 3.94. The zero-order chi connectivity index (χ0) is 15.6. The van der Waals surface area contributed by atoms with E-state index in [0.717, 1.165) is 5.56 Å². The third-order valence-corrected chi connectivity index (χ3v) is 4.34. The number of anilines is 1. The molecule has 2 aromatic rings. The molecule has 0 radical (unpaired) electrons. The van der Waals surface area contributed by atoms with Gasteiger partial charge in [-0.3, -0.25) is 9.52 Å². The van der Waals surface area contributed by atoms with Gasteiger partial charge in [0.2, 0.25) is 0 Å². The number of aromatic amines is 1. The molecule has 0 atom stereocenters. The molecule has 1 aromatic heterocycles.